The van der Waals surface area contributed by atoms with Gasteiger partial charge in [0.25, 0.3) is 5.91 Å². The monoisotopic (exact) mass is 481 g/mol. The van der Waals surface area contributed by atoms with E-state index in [1.165, 1.54) is 10.6 Å². The molecule has 1 amide bonds. The zero-order chi connectivity index (χ0) is 22.5. The van der Waals surface area contributed by atoms with E-state index < -0.39 is 11.6 Å². The summed E-state index contributed by atoms with van der Waals surface area (Å²) in [6, 6.07) is 12.3. The lowest BCUT2D eigenvalue weighted by Gasteiger charge is -2.19. The van der Waals surface area contributed by atoms with Crippen LogP contribution in [0.1, 0.15) is 36.8 Å². The van der Waals surface area contributed by atoms with Crippen LogP contribution >= 0.6 is 15.9 Å². The summed E-state index contributed by atoms with van der Waals surface area (Å²) in [6.07, 6.45) is 0. The lowest BCUT2D eigenvalue weighted by atomic mass is 9.87. The lowest BCUT2D eigenvalue weighted by Crippen LogP contribution is -2.16. The van der Waals surface area contributed by atoms with Crippen molar-refractivity contribution in [1.82, 2.24) is 19.5 Å². The molecule has 0 unspecified atom stereocenters. The highest BCUT2D eigenvalue weighted by atomic mass is 79.9. The Morgan fingerprint density at radius 1 is 1.13 bits per heavy atom. The standard InChI is InChI=1S/C22H20BrN5O3/c1-22(2,3)11-4-7-13(8-5-11)28-20-17(26-21(28)31)16(18(24)30)25-19(27-20)14-10-12(23)6-9-15(14)29/h4-10,29H,1-3H3,(H2,24,30)(H,26,31). The molecule has 0 radical (unpaired) electrons. The summed E-state index contributed by atoms with van der Waals surface area (Å²) in [5, 5.41) is 10.3. The first kappa shape index (κ1) is 20.8. The molecule has 4 aromatic rings. The highest BCUT2D eigenvalue weighted by molar-refractivity contribution is 9.10. The van der Waals surface area contributed by atoms with Crippen LogP contribution in [0.2, 0.25) is 0 Å². The molecule has 0 aliphatic carbocycles. The average Bonchev–Trinajstić information content (AvgIpc) is 3.04. The molecule has 158 valence electrons. The van der Waals surface area contributed by atoms with Crippen molar-refractivity contribution in [2.45, 2.75) is 26.2 Å². The minimum absolute atomic E-state index is 0.0452. The van der Waals surface area contributed by atoms with Gasteiger partial charge in [-0.1, -0.05) is 48.8 Å². The molecule has 2 aromatic carbocycles. The number of nitrogens with two attached hydrogens (primary N) is 1. The van der Waals surface area contributed by atoms with E-state index in [-0.39, 0.29) is 33.8 Å². The number of hydrogen-bond donors (Lipinski definition) is 3. The molecule has 0 fully saturated rings. The van der Waals surface area contributed by atoms with E-state index in [9.17, 15) is 14.7 Å². The molecule has 0 bridgehead atoms. The van der Waals surface area contributed by atoms with Crippen LogP contribution in [0, 0.1) is 0 Å². The number of benzene rings is 2. The van der Waals surface area contributed by atoms with E-state index in [1.807, 2.05) is 24.3 Å². The fourth-order valence-electron chi connectivity index (χ4n) is 3.32. The molecule has 0 saturated carbocycles. The first-order valence-electron chi connectivity index (χ1n) is 9.48. The second kappa shape index (κ2) is 7.35. The number of fused-ring (bicyclic) bond motifs is 1. The van der Waals surface area contributed by atoms with Crippen LogP contribution in [-0.4, -0.2) is 30.5 Å². The summed E-state index contributed by atoms with van der Waals surface area (Å²) >= 11 is 3.35. The second-order valence-electron chi connectivity index (χ2n) is 8.18. The lowest BCUT2D eigenvalue weighted by molar-refractivity contribution is 0.0997. The number of primary amides is 1. The molecule has 2 aromatic heterocycles. The number of imidazole rings is 1. The minimum Gasteiger partial charge on any atom is -0.507 e. The van der Waals surface area contributed by atoms with Crippen LogP contribution in [0.4, 0.5) is 0 Å². The molecule has 0 aliphatic rings. The van der Waals surface area contributed by atoms with Gasteiger partial charge in [-0.25, -0.2) is 19.3 Å². The third-order valence-corrected chi connectivity index (χ3v) is 5.45. The van der Waals surface area contributed by atoms with Gasteiger partial charge >= 0.3 is 5.69 Å². The van der Waals surface area contributed by atoms with Crippen molar-refractivity contribution >= 4 is 33.0 Å². The summed E-state index contributed by atoms with van der Waals surface area (Å²) in [4.78, 5) is 36.2. The molecule has 31 heavy (non-hydrogen) atoms. The van der Waals surface area contributed by atoms with Crippen molar-refractivity contribution in [2.24, 2.45) is 5.73 Å². The Balaban J connectivity index is 2.00. The minimum atomic E-state index is -0.820. The van der Waals surface area contributed by atoms with E-state index in [0.29, 0.717) is 15.7 Å². The number of nitrogens with zero attached hydrogens (tertiary/aromatic N) is 3. The molecular formula is C22H20BrN5O3. The average molecular weight is 482 g/mol. The SMILES string of the molecule is CC(C)(C)c1ccc(-n2c(=O)[nH]c3c(C(N)=O)nc(-c4cc(Br)ccc4O)nc32)cc1. The van der Waals surface area contributed by atoms with Crippen molar-refractivity contribution in [1.29, 1.82) is 0 Å². The van der Waals surface area contributed by atoms with E-state index in [0.717, 1.165) is 5.56 Å². The van der Waals surface area contributed by atoms with Gasteiger partial charge in [-0.2, -0.15) is 0 Å². The van der Waals surface area contributed by atoms with Gasteiger partial charge in [-0.3, -0.25) is 4.79 Å². The number of rotatable bonds is 3. The topological polar surface area (TPSA) is 127 Å². The molecule has 4 N–H and O–H groups in total. The van der Waals surface area contributed by atoms with Gasteiger partial charge in [0, 0.05) is 4.47 Å². The summed E-state index contributed by atoms with van der Waals surface area (Å²) in [5.74, 6) is -0.823. The molecule has 0 saturated heterocycles. The first-order valence-corrected chi connectivity index (χ1v) is 10.3. The Bertz CT molecular complexity index is 1380. The number of amides is 1. The zero-order valence-corrected chi connectivity index (χ0v) is 18.7. The predicted octanol–water partition coefficient (Wildman–Crippen LogP) is 3.64. The number of halogens is 1. The van der Waals surface area contributed by atoms with E-state index in [4.69, 9.17) is 5.73 Å². The van der Waals surface area contributed by atoms with E-state index in [1.54, 1.807) is 12.1 Å². The number of nitrogens with one attached hydrogen (secondary N) is 1. The highest BCUT2D eigenvalue weighted by Gasteiger charge is 2.22. The van der Waals surface area contributed by atoms with Crippen LogP contribution in [0.5, 0.6) is 5.75 Å². The van der Waals surface area contributed by atoms with Gasteiger partial charge in [-0.05, 0) is 41.3 Å². The Hall–Kier alpha value is -3.46. The number of carbonyl (C=O) groups excluding carboxylic acids is 1. The van der Waals surface area contributed by atoms with E-state index >= 15 is 0 Å². The van der Waals surface area contributed by atoms with Gasteiger partial charge in [0.05, 0.1) is 11.3 Å². The third kappa shape index (κ3) is 3.72. The number of aromatic hydroxyl groups is 1. The third-order valence-electron chi connectivity index (χ3n) is 4.96. The molecule has 2 heterocycles. The number of phenolic OH excluding ortho intramolecular Hbond substituents is 1. The maximum atomic E-state index is 12.8. The van der Waals surface area contributed by atoms with Crippen LogP contribution in [-0.2, 0) is 5.41 Å². The number of aromatic amines is 1. The van der Waals surface area contributed by atoms with Gasteiger partial charge in [0.1, 0.15) is 11.3 Å². The van der Waals surface area contributed by atoms with Crippen molar-refractivity contribution in [3.05, 3.63) is 68.7 Å². The van der Waals surface area contributed by atoms with E-state index in [2.05, 4.69) is 51.7 Å². The Morgan fingerprint density at radius 2 is 1.81 bits per heavy atom. The number of hydrogen-bond acceptors (Lipinski definition) is 5. The Kier molecular flexibility index (Phi) is 4.93. The molecule has 9 heteroatoms. The summed E-state index contributed by atoms with van der Waals surface area (Å²) < 4.78 is 2.04. The summed E-state index contributed by atoms with van der Waals surface area (Å²) in [6.45, 7) is 6.30. The Morgan fingerprint density at radius 3 is 2.42 bits per heavy atom. The molecule has 0 atom stereocenters. The number of aromatic nitrogens is 4. The van der Waals surface area contributed by atoms with Crippen LogP contribution in [0.3, 0.4) is 0 Å². The maximum Gasteiger partial charge on any atom is 0.332 e. The van der Waals surface area contributed by atoms with Crippen molar-refractivity contribution in [2.75, 3.05) is 0 Å². The second-order valence-corrected chi connectivity index (χ2v) is 9.10. The molecule has 0 aliphatic heterocycles. The molecule has 8 nitrogen and oxygen atoms in total. The van der Waals surface area contributed by atoms with Crippen LogP contribution < -0.4 is 11.4 Å². The van der Waals surface area contributed by atoms with Crippen LogP contribution in [0.15, 0.2) is 51.7 Å². The van der Waals surface area contributed by atoms with Crippen molar-refractivity contribution in [3.63, 3.8) is 0 Å². The quantitative estimate of drug-likeness (QED) is 0.411. The smallest absolute Gasteiger partial charge is 0.332 e. The van der Waals surface area contributed by atoms with Gasteiger partial charge in [-0.15, -0.1) is 0 Å². The van der Waals surface area contributed by atoms with Crippen molar-refractivity contribution < 1.29 is 9.90 Å². The van der Waals surface area contributed by atoms with Crippen molar-refractivity contribution in [3.8, 4) is 22.8 Å². The zero-order valence-electron chi connectivity index (χ0n) is 17.1. The molecule has 4 rings (SSSR count). The van der Waals surface area contributed by atoms with Gasteiger partial charge < -0.3 is 15.8 Å². The van der Waals surface area contributed by atoms with Crippen LogP contribution in [0.25, 0.3) is 28.2 Å². The molecular weight excluding hydrogens is 462 g/mol. The Labute approximate surface area is 185 Å². The largest absolute Gasteiger partial charge is 0.507 e. The summed E-state index contributed by atoms with van der Waals surface area (Å²) in [5.41, 5.74) is 7.16. The molecule has 0 spiro atoms. The predicted molar refractivity (Wildman–Crippen MR) is 122 cm³/mol. The first-order chi connectivity index (χ1) is 14.6. The highest BCUT2D eigenvalue weighted by Crippen LogP contribution is 2.31. The van der Waals surface area contributed by atoms with Gasteiger partial charge in [0.2, 0.25) is 0 Å². The number of H-pyrrole nitrogens is 1. The number of phenols is 1. The summed E-state index contributed by atoms with van der Waals surface area (Å²) in [7, 11) is 0. The fourth-order valence-corrected chi connectivity index (χ4v) is 3.68. The maximum absolute atomic E-state index is 12.8. The number of carbonyl (C=O) groups is 1. The normalized spacial score (nSPS) is 11.7. The van der Waals surface area contributed by atoms with Gasteiger partial charge in [0.15, 0.2) is 17.2 Å². The fraction of sp³-hybridized carbons (Fsp3) is 0.182.